The summed E-state index contributed by atoms with van der Waals surface area (Å²) in [6.07, 6.45) is 6.67. The Balaban J connectivity index is 1.52. The molecule has 198 valence electrons. The first-order chi connectivity index (χ1) is 18.2. The van der Waals surface area contributed by atoms with E-state index in [1.54, 1.807) is 30.9 Å². The lowest BCUT2D eigenvalue weighted by molar-refractivity contribution is 0.398. The Labute approximate surface area is 220 Å². The third-order valence-corrected chi connectivity index (χ3v) is 8.24. The number of nitrogens with zero attached hydrogens (tertiary/aromatic N) is 6. The van der Waals surface area contributed by atoms with Crippen LogP contribution in [0, 0.1) is 0 Å². The van der Waals surface area contributed by atoms with Crippen molar-refractivity contribution in [1.29, 1.82) is 0 Å². The Bertz CT molecular complexity index is 1660. The van der Waals surface area contributed by atoms with E-state index in [4.69, 9.17) is 4.74 Å². The van der Waals surface area contributed by atoms with Gasteiger partial charge in [-0.1, -0.05) is 6.92 Å². The van der Waals surface area contributed by atoms with Gasteiger partial charge >= 0.3 is 0 Å². The standard InChI is InChI=1S/C26H29N7O4S/c1-5-38(35,36)19-9-8-18(27-13-19)12-29-24-26(34)33(15(2)3)20-10-17(11-28-23(20)32-24)21-22(16-6-7-16)30-14-31-25(21)37-4/h8-11,13-16H,5-7,12H2,1-4H3,(H,28,29,32). The molecule has 4 heterocycles. The molecule has 0 spiro atoms. The summed E-state index contributed by atoms with van der Waals surface area (Å²) in [5.41, 5.74) is 3.75. The van der Waals surface area contributed by atoms with Crippen molar-refractivity contribution < 1.29 is 13.2 Å². The summed E-state index contributed by atoms with van der Waals surface area (Å²) in [5.74, 6) is 0.970. The number of hydrogen-bond acceptors (Lipinski definition) is 10. The first-order valence-electron chi connectivity index (χ1n) is 12.5. The molecular weight excluding hydrogens is 506 g/mol. The normalized spacial score (nSPS) is 13.7. The number of hydrogen-bond donors (Lipinski definition) is 1. The fraction of sp³-hybridized carbons (Fsp3) is 0.385. The van der Waals surface area contributed by atoms with E-state index < -0.39 is 9.84 Å². The molecule has 1 fully saturated rings. The SMILES string of the molecule is CCS(=O)(=O)c1ccc(CNc2nc3ncc(-c4c(OC)ncnc4C4CC4)cc3n(C(C)C)c2=O)nc1. The number of aromatic nitrogens is 6. The van der Waals surface area contributed by atoms with Crippen molar-refractivity contribution in [2.45, 2.75) is 57.0 Å². The maximum absolute atomic E-state index is 13.5. The van der Waals surface area contributed by atoms with Crippen LogP contribution in [-0.4, -0.2) is 50.8 Å². The van der Waals surface area contributed by atoms with Gasteiger partial charge in [-0.05, 0) is 44.9 Å². The zero-order valence-electron chi connectivity index (χ0n) is 21.7. The van der Waals surface area contributed by atoms with Crippen LogP contribution in [0.1, 0.15) is 57.0 Å². The van der Waals surface area contributed by atoms with Crippen molar-refractivity contribution in [2.24, 2.45) is 0 Å². The van der Waals surface area contributed by atoms with Crippen LogP contribution in [0.25, 0.3) is 22.3 Å². The van der Waals surface area contributed by atoms with Crippen molar-refractivity contribution in [3.8, 4) is 17.0 Å². The number of ether oxygens (including phenoxy) is 1. The fourth-order valence-corrected chi connectivity index (χ4v) is 5.19. The maximum atomic E-state index is 13.5. The number of pyridine rings is 2. The first kappa shape index (κ1) is 25.7. The van der Waals surface area contributed by atoms with Crippen molar-refractivity contribution in [1.82, 2.24) is 29.5 Å². The van der Waals surface area contributed by atoms with Gasteiger partial charge in [0.1, 0.15) is 6.33 Å². The van der Waals surface area contributed by atoms with Gasteiger partial charge in [-0.2, -0.15) is 0 Å². The number of anilines is 1. The lowest BCUT2D eigenvalue weighted by atomic mass is 10.0. The van der Waals surface area contributed by atoms with Gasteiger partial charge in [-0.15, -0.1) is 0 Å². The zero-order valence-corrected chi connectivity index (χ0v) is 22.5. The molecule has 0 aliphatic heterocycles. The van der Waals surface area contributed by atoms with Crippen LogP contribution < -0.4 is 15.6 Å². The molecule has 0 aromatic carbocycles. The highest BCUT2D eigenvalue weighted by molar-refractivity contribution is 7.91. The highest BCUT2D eigenvalue weighted by atomic mass is 32.2. The molecule has 0 bridgehead atoms. The van der Waals surface area contributed by atoms with Gasteiger partial charge in [-0.3, -0.25) is 14.3 Å². The molecule has 0 saturated heterocycles. The number of methoxy groups -OCH3 is 1. The van der Waals surface area contributed by atoms with Crippen LogP contribution in [0.4, 0.5) is 5.82 Å². The molecule has 0 unspecified atom stereocenters. The molecular formula is C26H29N7O4S. The predicted molar refractivity (Wildman–Crippen MR) is 143 cm³/mol. The Kier molecular flexibility index (Phi) is 6.82. The van der Waals surface area contributed by atoms with E-state index >= 15 is 0 Å². The molecule has 12 heteroatoms. The minimum absolute atomic E-state index is 0.00269. The van der Waals surface area contributed by atoms with Crippen LogP contribution in [0.2, 0.25) is 0 Å². The zero-order chi connectivity index (χ0) is 27.0. The van der Waals surface area contributed by atoms with E-state index in [2.05, 4.69) is 30.2 Å². The molecule has 0 radical (unpaired) electrons. The van der Waals surface area contributed by atoms with Gasteiger partial charge in [0.2, 0.25) is 5.88 Å². The first-order valence-corrected chi connectivity index (χ1v) is 14.1. The summed E-state index contributed by atoms with van der Waals surface area (Å²) >= 11 is 0. The molecule has 5 rings (SSSR count). The monoisotopic (exact) mass is 535 g/mol. The average molecular weight is 536 g/mol. The summed E-state index contributed by atoms with van der Waals surface area (Å²) < 4.78 is 31.3. The fourth-order valence-electron chi connectivity index (χ4n) is 4.37. The van der Waals surface area contributed by atoms with Gasteiger partial charge in [0, 0.05) is 29.9 Å². The van der Waals surface area contributed by atoms with E-state index in [0.717, 1.165) is 29.7 Å². The largest absolute Gasteiger partial charge is 0.480 e. The van der Waals surface area contributed by atoms with Gasteiger partial charge in [0.25, 0.3) is 5.56 Å². The van der Waals surface area contributed by atoms with E-state index in [9.17, 15) is 13.2 Å². The van der Waals surface area contributed by atoms with E-state index in [1.165, 1.54) is 18.6 Å². The average Bonchev–Trinajstić information content (AvgIpc) is 3.77. The van der Waals surface area contributed by atoms with Crippen LogP contribution in [0.5, 0.6) is 5.88 Å². The molecule has 1 aliphatic carbocycles. The summed E-state index contributed by atoms with van der Waals surface area (Å²) in [6.45, 7) is 5.63. The molecule has 4 aromatic heterocycles. The molecule has 4 aromatic rings. The topological polar surface area (TPSA) is 142 Å². The van der Waals surface area contributed by atoms with Crippen LogP contribution >= 0.6 is 0 Å². The number of sulfone groups is 1. The molecule has 38 heavy (non-hydrogen) atoms. The molecule has 11 nitrogen and oxygen atoms in total. The Hall–Kier alpha value is -3.93. The van der Waals surface area contributed by atoms with Crippen LogP contribution in [0.15, 0.2) is 46.6 Å². The van der Waals surface area contributed by atoms with Crippen molar-refractivity contribution in [3.05, 3.63) is 58.7 Å². The minimum atomic E-state index is -3.33. The van der Waals surface area contributed by atoms with Crippen molar-refractivity contribution in [2.75, 3.05) is 18.2 Å². The van der Waals surface area contributed by atoms with E-state index in [1.807, 2.05) is 19.9 Å². The Morgan fingerprint density at radius 1 is 1.13 bits per heavy atom. The van der Waals surface area contributed by atoms with Gasteiger partial charge in [-0.25, -0.2) is 28.4 Å². The van der Waals surface area contributed by atoms with Crippen LogP contribution in [-0.2, 0) is 16.4 Å². The maximum Gasteiger partial charge on any atom is 0.294 e. The quantitative estimate of drug-likeness (QED) is 0.338. The number of fused-ring (bicyclic) bond motifs is 1. The molecule has 0 atom stereocenters. The summed E-state index contributed by atoms with van der Waals surface area (Å²) in [4.78, 5) is 35.8. The van der Waals surface area contributed by atoms with Gasteiger partial charge < -0.3 is 10.1 Å². The molecule has 0 amide bonds. The Morgan fingerprint density at radius 3 is 2.55 bits per heavy atom. The smallest absolute Gasteiger partial charge is 0.294 e. The summed E-state index contributed by atoms with van der Waals surface area (Å²) in [6, 6.07) is 4.86. The number of rotatable bonds is 9. The second kappa shape index (κ2) is 10.1. The second-order valence-corrected chi connectivity index (χ2v) is 11.7. The minimum Gasteiger partial charge on any atom is -0.480 e. The third kappa shape index (κ3) is 4.83. The lowest BCUT2D eigenvalue weighted by Gasteiger charge is -2.17. The highest BCUT2D eigenvalue weighted by Gasteiger charge is 2.30. The molecule has 1 saturated carbocycles. The molecule has 1 aliphatic rings. The van der Waals surface area contributed by atoms with E-state index in [-0.39, 0.29) is 34.6 Å². The predicted octanol–water partition coefficient (Wildman–Crippen LogP) is 3.52. The third-order valence-electron chi connectivity index (χ3n) is 6.52. The van der Waals surface area contributed by atoms with Crippen molar-refractivity contribution in [3.63, 3.8) is 0 Å². The highest BCUT2D eigenvalue weighted by Crippen LogP contribution is 2.45. The van der Waals surface area contributed by atoms with Crippen LogP contribution in [0.3, 0.4) is 0 Å². The Morgan fingerprint density at radius 2 is 1.92 bits per heavy atom. The lowest BCUT2D eigenvalue weighted by Crippen LogP contribution is -2.27. The van der Waals surface area contributed by atoms with Gasteiger partial charge in [0.15, 0.2) is 21.3 Å². The second-order valence-electron chi connectivity index (χ2n) is 9.46. The summed E-state index contributed by atoms with van der Waals surface area (Å²) in [5, 5.41) is 3.05. The van der Waals surface area contributed by atoms with Gasteiger partial charge in [0.05, 0.1) is 46.8 Å². The van der Waals surface area contributed by atoms with Crippen molar-refractivity contribution >= 4 is 26.8 Å². The molecule has 1 N–H and O–H groups in total. The number of nitrogens with one attached hydrogen (secondary N) is 1. The summed E-state index contributed by atoms with van der Waals surface area (Å²) in [7, 11) is -1.76. The van der Waals surface area contributed by atoms with E-state index in [0.29, 0.717) is 28.7 Å².